The van der Waals surface area contributed by atoms with Gasteiger partial charge in [0, 0.05) is 5.41 Å². The van der Waals surface area contributed by atoms with Crippen LogP contribution < -0.4 is 0 Å². The Kier molecular flexibility index (Phi) is 5.34. The molecule has 1 aliphatic heterocycles. The molecule has 9 heteroatoms. The van der Waals surface area contributed by atoms with Crippen LogP contribution in [0.3, 0.4) is 0 Å². The van der Waals surface area contributed by atoms with E-state index in [-0.39, 0.29) is 12.1 Å². The van der Waals surface area contributed by atoms with Crippen molar-refractivity contribution in [3.8, 4) is 0 Å². The Labute approximate surface area is 127 Å². The van der Waals surface area contributed by atoms with E-state index in [0.717, 1.165) is 0 Å². The van der Waals surface area contributed by atoms with Crippen molar-refractivity contribution in [2.75, 3.05) is 0 Å². The zero-order valence-electron chi connectivity index (χ0n) is 12.7. The van der Waals surface area contributed by atoms with Crippen molar-refractivity contribution < 1.29 is 38.7 Å². The maximum Gasteiger partial charge on any atom is 0.535 e. The standard InChI is InChI=1S/C13H19BO8/c1-4-12(2,3)8(15)7-14-21-11(20)13(22-14,5-9(16)17)6-10(18)19/h4-7H2,1-3H3,(H,16,17)(H,18,19). The maximum atomic E-state index is 12.1. The lowest BCUT2D eigenvalue weighted by molar-refractivity contribution is -0.157. The second kappa shape index (κ2) is 6.47. The molecule has 8 nitrogen and oxygen atoms in total. The summed E-state index contributed by atoms with van der Waals surface area (Å²) in [5.74, 6) is -4.06. The molecule has 0 aliphatic carbocycles. The molecule has 2 N–H and O–H groups in total. The van der Waals surface area contributed by atoms with Crippen molar-refractivity contribution in [3.05, 3.63) is 0 Å². The number of carbonyl (C=O) groups is 4. The summed E-state index contributed by atoms with van der Waals surface area (Å²) in [5.41, 5.74) is -2.72. The van der Waals surface area contributed by atoms with Gasteiger partial charge in [-0.3, -0.25) is 19.2 Å². The van der Waals surface area contributed by atoms with Gasteiger partial charge in [-0.15, -0.1) is 0 Å². The minimum absolute atomic E-state index is 0.214. The second-order valence-corrected chi connectivity index (χ2v) is 5.95. The van der Waals surface area contributed by atoms with Crippen molar-refractivity contribution in [2.24, 2.45) is 5.41 Å². The van der Waals surface area contributed by atoms with Gasteiger partial charge in [-0.2, -0.15) is 0 Å². The zero-order valence-corrected chi connectivity index (χ0v) is 12.7. The maximum absolute atomic E-state index is 12.1. The van der Waals surface area contributed by atoms with Crippen molar-refractivity contribution in [2.45, 2.75) is 52.0 Å². The van der Waals surface area contributed by atoms with Crippen LogP contribution in [0.1, 0.15) is 40.0 Å². The van der Waals surface area contributed by atoms with Crippen LogP contribution in [-0.4, -0.2) is 46.6 Å². The molecule has 122 valence electrons. The first-order valence-electron chi connectivity index (χ1n) is 6.88. The van der Waals surface area contributed by atoms with Crippen LogP contribution in [0.4, 0.5) is 0 Å². The molecule has 0 aromatic rings. The number of hydrogen-bond donors (Lipinski definition) is 2. The molecule has 0 amide bonds. The molecule has 0 atom stereocenters. The molecule has 1 rings (SSSR count). The van der Waals surface area contributed by atoms with Crippen LogP contribution in [-0.2, 0) is 28.5 Å². The van der Waals surface area contributed by atoms with E-state index in [4.69, 9.17) is 19.5 Å². The smallest absolute Gasteiger partial charge is 0.507 e. The first-order chi connectivity index (χ1) is 10.0. The molecule has 1 heterocycles. The Morgan fingerprint density at radius 2 is 1.68 bits per heavy atom. The summed E-state index contributed by atoms with van der Waals surface area (Å²) in [5, 5.41) is 17.7. The number of carboxylic acids is 2. The fraction of sp³-hybridized carbons (Fsp3) is 0.692. The van der Waals surface area contributed by atoms with Crippen molar-refractivity contribution in [3.63, 3.8) is 0 Å². The Hall–Kier alpha value is -1.90. The summed E-state index contributed by atoms with van der Waals surface area (Å²) in [4.78, 5) is 45.8. The summed E-state index contributed by atoms with van der Waals surface area (Å²) in [6.07, 6.45) is -1.34. The van der Waals surface area contributed by atoms with Crippen LogP contribution in [0.2, 0.25) is 6.32 Å². The Bertz CT molecular complexity index is 482. The molecule has 1 aliphatic rings. The van der Waals surface area contributed by atoms with E-state index in [0.29, 0.717) is 6.42 Å². The molecule has 0 saturated carbocycles. The first kappa shape index (κ1) is 18.2. The highest BCUT2D eigenvalue weighted by Gasteiger charge is 2.56. The van der Waals surface area contributed by atoms with Crippen LogP contribution in [0.25, 0.3) is 0 Å². The van der Waals surface area contributed by atoms with Gasteiger partial charge in [-0.05, 0) is 6.42 Å². The van der Waals surface area contributed by atoms with Gasteiger partial charge in [0.1, 0.15) is 5.78 Å². The average molecular weight is 314 g/mol. The second-order valence-electron chi connectivity index (χ2n) is 5.95. The summed E-state index contributed by atoms with van der Waals surface area (Å²) >= 11 is 0. The molecule has 0 radical (unpaired) electrons. The largest absolute Gasteiger partial charge is 0.535 e. The highest BCUT2D eigenvalue weighted by molar-refractivity contribution is 6.54. The van der Waals surface area contributed by atoms with E-state index in [1.807, 2.05) is 6.92 Å². The van der Waals surface area contributed by atoms with E-state index < -0.39 is 48.9 Å². The number of hydrogen-bond acceptors (Lipinski definition) is 6. The molecule has 0 unspecified atom stereocenters. The van der Waals surface area contributed by atoms with Crippen LogP contribution >= 0.6 is 0 Å². The fourth-order valence-electron chi connectivity index (χ4n) is 2.04. The average Bonchev–Trinajstić information content (AvgIpc) is 2.63. The third kappa shape index (κ3) is 4.06. The lowest BCUT2D eigenvalue weighted by atomic mass is 9.73. The van der Waals surface area contributed by atoms with E-state index in [2.05, 4.69) is 0 Å². The SMILES string of the molecule is CCC(C)(C)C(=O)CB1OC(=O)C(CC(=O)O)(CC(=O)O)O1. The van der Waals surface area contributed by atoms with Crippen LogP contribution in [0, 0.1) is 5.41 Å². The number of carboxylic acid groups (broad SMARTS) is 2. The first-order valence-corrected chi connectivity index (χ1v) is 6.88. The third-order valence-corrected chi connectivity index (χ3v) is 3.83. The molecule has 0 aromatic carbocycles. The van der Waals surface area contributed by atoms with Gasteiger partial charge in [-0.25, -0.2) is 0 Å². The van der Waals surface area contributed by atoms with Gasteiger partial charge < -0.3 is 19.5 Å². The third-order valence-electron chi connectivity index (χ3n) is 3.83. The Balaban J connectivity index is 2.88. The van der Waals surface area contributed by atoms with Gasteiger partial charge in [0.2, 0.25) is 0 Å². The Morgan fingerprint density at radius 3 is 2.09 bits per heavy atom. The lowest BCUT2D eigenvalue weighted by Gasteiger charge is -2.22. The normalized spacial score (nSPS) is 17.2. The number of aliphatic carboxylic acids is 2. The molecule has 22 heavy (non-hydrogen) atoms. The highest BCUT2D eigenvalue weighted by Crippen LogP contribution is 2.33. The number of ketones is 1. The van der Waals surface area contributed by atoms with E-state index in [1.165, 1.54) is 0 Å². The molecule has 1 saturated heterocycles. The molecule has 1 fully saturated rings. The predicted octanol–water partition coefficient (Wildman–Crippen LogP) is 0.741. The quantitative estimate of drug-likeness (QED) is 0.628. The summed E-state index contributed by atoms with van der Waals surface area (Å²) in [6, 6.07) is 0. The van der Waals surface area contributed by atoms with Gasteiger partial charge in [0.05, 0.1) is 19.2 Å². The van der Waals surface area contributed by atoms with Crippen LogP contribution in [0.5, 0.6) is 0 Å². The van der Waals surface area contributed by atoms with E-state index >= 15 is 0 Å². The zero-order chi connectivity index (χ0) is 17.1. The predicted molar refractivity (Wildman–Crippen MR) is 74.1 cm³/mol. The summed E-state index contributed by atoms with van der Waals surface area (Å²) in [6.45, 7) is 5.29. The fourth-order valence-corrected chi connectivity index (χ4v) is 2.04. The minimum Gasteiger partial charge on any atom is -0.507 e. The minimum atomic E-state index is -2.08. The monoisotopic (exact) mass is 314 g/mol. The van der Waals surface area contributed by atoms with Gasteiger partial charge in [-0.1, -0.05) is 20.8 Å². The molecule has 0 bridgehead atoms. The van der Waals surface area contributed by atoms with Crippen molar-refractivity contribution in [1.82, 2.24) is 0 Å². The van der Waals surface area contributed by atoms with Gasteiger partial charge in [0.15, 0.2) is 5.60 Å². The van der Waals surface area contributed by atoms with Gasteiger partial charge in [0.25, 0.3) is 0 Å². The molecular weight excluding hydrogens is 295 g/mol. The Morgan fingerprint density at radius 1 is 1.18 bits per heavy atom. The van der Waals surface area contributed by atoms with E-state index in [1.54, 1.807) is 13.8 Å². The highest BCUT2D eigenvalue weighted by atomic mass is 16.7. The van der Waals surface area contributed by atoms with Crippen molar-refractivity contribution in [1.29, 1.82) is 0 Å². The molecule has 0 aromatic heterocycles. The summed E-state index contributed by atoms with van der Waals surface area (Å²) < 4.78 is 10.1. The number of Topliss-reactive ketones (excluding diaryl/α,β-unsaturated/α-hetero) is 1. The van der Waals surface area contributed by atoms with Crippen molar-refractivity contribution >= 4 is 30.8 Å². The van der Waals surface area contributed by atoms with Crippen LogP contribution in [0.15, 0.2) is 0 Å². The number of rotatable bonds is 8. The van der Waals surface area contributed by atoms with E-state index in [9.17, 15) is 19.2 Å². The number of carbonyl (C=O) groups excluding carboxylic acids is 2. The van der Waals surface area contributed by atoms with Gasteiger partial charge >= 0.3 is 25.0 Å². The summed E-state index contributed by atoms with van der Waals surface area (Å²) in [7, 11) is -1.26. The molecular formula is C13H19BO8. The lowest BCUT2D eigenvalue weighted by Crippen LogP contribution is -2.41. The molecule has 0 spiro atoms. The topological polar surface area (TPSA) is 127 Å².